The fourth-order valence-electron chi connectivity index (χ4n) is 3.10. The SMILES string of the molecule is Cc1ccc(OC2CCCN(C(=O)c3cc(C(F)(F)F)cc(C(F)(F)F)c3)C2)nn1. The van der Waals surface area contributed by atoms with Gasteiger partial charge in [0.1, 0.15) is 6.10 Å². The van der Waals surface area contributed by atoms with E-state index in [2.05, 4.69) is 10.2 Å². The molecule has 1 aromatic heterocycles. The van der Waals surface area contributed by atoms with Gasteiger partial charge in [-0.15, -0.1) is 5.10 Å². The lowest BCUT2D eigenvalue weighted by molar-refractivity contribution is -0.143. The van der Waals surface area contributed by atoms with Crippen LogP contribution < -0.4 is 4.74 Å². The van der Waals surface area contributed by atoms with Gasteiger partial charge in [0, 0.05) is 18.2 Å². The molecule has 162 valence electrons. The van der Waals surface area contributed by atoms with Crippen LogP contribution >= 0.6 is 0 Å². The summed E-state index contributed by atoms with van der Waals surface area (Å²) in [6.45, 7) is 1.93. The maximum atomic E-state index is 13.0. The highest BCUT2D eigenvalue weighted by Crippen LogP contribution is 2.36. The number of halogens is 6. The number of carbonyl (C=O) groups excluding carboxylic acids is 1. The zero-order valence-electron chi connectivity index (χ0n) is 15.7. The summed E-state index contributed by atoms with van der Waals surface area (Å²) in [5.74, 6) is -0.701. The van der Waals surface area contributed by atoms with E-state index >= 15 is 0 Å². The van der Waals surface area contributed by atoms with E-state index in [1.54, 1.807) is 19.1 Å². The molecular weight excluding hydrogens is 416 g/mol. The van der Waals surface area contributed by atoms with Crippen molar-refractivity contribution in [2.75, 3.05) is 13.1 Å². The predicted molar refractivity (Wildman–Crippen MR) is 92.8 cm³/mol. The number of amides is 1. The van der Waals surface area contributed by atoms with Gasteiger partial charge in [0.2, 0.25) is 5.88 Å². The molecule has 30 heavy (non-hydrogen) atoms. The molecule has 1 aliphatic heterocycles. The van der Waals surface area contributed by atoms with Gasteiger partial charge in [-0.3, -0.25) is 4.79 Å². The molecule has 1 unspecified atom stereocenters. The fourth-order valence-corrected chi connectivity index (χ4v) is 3.10. The minimum Gasteiger partial charge on any atom is -0.471 e. The van der Waals surface area contributed by atoms with Crippen LogP contribution in [0.25, 0.3) is 0 Å². The van der Waals surface area contributed by atoms with Crippen molar-refractivity contribution in [3.63, 3.8) is 0 Å². The van der Waals surface area contributed by atoms with E-state index in [4.69, 9.17) is 4.74 Å². The second-order valence-corrected chi connectivity index (χ2v) is 6.94. The van der Waals surface area contributed by atoms with Crippen LogP contribution in [-0.2, 0) is 12.4 Å². The van der Waals surface area contributed by atoms with Crippen molar-refractivity contribution in [2.45, 2.75) is 38.2 Å². The number of piperidine rings is 1. The Morgan fingerprint density at radius 1 is 1.03 bits per heavy atom. The lowest BCUT2D eigenvalue weighted by atomic mass is 10.0. The summed E-state index contributed by atoms with van der Waals surface area (Å²) < 4.78 is 84.0. The van der Waals surface area contributed by atoms with Crippen molar-refractivity contribution in [2.24, 2.45) is 0 Å². The summed E-state index contributed by atoms with van der Waals surface area (Å²) in [7, 11) is 0. The molecule has 3 rings (SSSR count). The number of carbonyl (C=O) groups is 1. The maximum Gasteiger partial charge on any atom is 0.416 e. The molecule has 5 nitrogen and oxygen atoms in total. The van der Waals surface area contributed by atoms with Gasteiger partial charge in [0.25, 0.3) is 5.91 Å². The third kappa shape index (κ3) is 5.19. The molecule has 0 saturated carbocycles. The maximum absolute atomic E-state index is 13.0. The minimum absolute atomic E-state index is 0.00500. The van der Waals surface area contributed by atoms with Crippen LogP contribution in [0.3, 0.4) is 0 Å². The Bertz CT molecular complexity index is 880. The van der Waals surface area contributed by atoms with E-state index < -0.39 is 41.1 Å². The Balaban J connectivity index is 1.82. The van der Waals surface area contributed by atoms with Gasteiger partial charge in [-0.05, 0) is 44.0 Å². The molecule has 1 atom stereocenters. The van der Waals surface area contributed by atoms with Crippen LogP contribution in [0.15, 0.2) is 30.3 Å². The number of likely N-dealkylation sites (tertiary alicyclic amines) is 1. The Hall–Kier alpha value is -2.85. The van der Waals surface area contributed by atoms with Crippen LogP contribution in [-0.4, -0.2) is 40.2 Å². The quantitative estimate of drug-likeness (QED) is 0.669. The van der Waals surface area contributed by atoms with Crippen LogP contribution in [0.2, 0.25) is 0 Å². The smallest absolute Gasteiger partial charge is 0.416 e. The molecule has 0 N–H and O–H groups in total. The van der Waals surface area contributed by atoms with Gasteiger partial charge >= 0.3 is 12.4 Å². The first kappa shape index (κ1) is 21.8. The molecule has 11 heteroatoms. The van der Waals surface area contributed by atoms with Gasteiger partial charge in [-0.25, -0.2) is 0 Å². The molecule has 1 amide bonds. The van der Waals surface area contributed by atoms with E-state index in [1.165, 1.54) is 4.90 Å². The zero-order chi connectivity index (χ0) is 22.1. The third-order valence-electron chi connectivity index (χ3n) is 4.56. The summed E-state index contributed by atoms with van der Waals surface area (Å²) in [6, 6.07) is 4.14. The molecule has 0 aliphatic carbocycles. The highest BCUT2D eigenvalue weighted by Gasteiger charge is 2.38. The molecule has 0 radical (unpaired) electrons. The van der Waals surface area contributed by atoms with E-state index in [9.17, 15) is 31.1 Å². The van der Waals surface area contributed by atoms with E-state index in [-0.39, 0.29) is 25.0 Å². The average molecular weight is 433 g/mol. The zero-order valence-corrected chi connectivity index (χ0v) is 15.7. The number of benzene rings is 1. The molecule has 2 heterocycles. The molecular formula is C19H17F6N3O2. The molecule has 1 aliphatic rings. The predicted octanol–water partition coefficient (Wildman–Crippen LogP) is 4.51. The number of aryl methyl sites for hydroxylation is 1. The number of aromatic nitrogens is 2. The fraction of sp³-hybridized carbons (Fsp3) is 0.421. The van der Waals surface area contributed by atoms with Gasteiger partial charge in [-0.1, -0.05) is 0 Å². The molecule has 0 spiro atoms. The number of nitrogens with zero attached hydrogens (tertiary/aromatic N) is 3. The first-order valence-corrected chi connectivity index (χ1v) is 8.99. The molecule has 1 fully saturated rings. The molecule has 1 aromatic carbocycles. The van der Waals surface area contributed by atoms with Crippen LogP contribution in [0.5, 0.6) is 5.88 Å². The Morgan fingerprint density at radius 2 is 1.67 bits per heavy atom. The number of rotatable bonds is 3. The van der Waals surface area contributed by atoms with Gasteiger partial charge in [0.15, 0.2) is 0 Å². The summed E-state index contributed by atoms with van der Waals surface area (Å²) >= 11 is 0. The van der Waals surface area contributed by atoms with Crippen molar-refractivity contribution in [1.29, 1.82) is 0 Å². The highest BCUT2D eigenvalue weighted by atomic mass is 19.4. The first-order chi connectivity index (χ1) is 13.9. The first-order valence-electron chi connectivity index (χ1n) is 8.99. The van der Waals surface area contributed by atoms with Crippen molar-refractivity contribution >= 4 is 5.91 Å². The van der Waals surface area contributed by atoms with Crippen molar-refractivity contribution < 1.29 is 35.9 Å². The topological polar surface area (TPSA) is 55.3 Å². The normalized spacial score (nSPS) is 17.7. The number of hydrogen-bond acceptors (Lipinski definition) is 4. The Labute approximate surface area is 167 Å². The number of alkyl halides is 6. The Kier molecular flexibility index (Phi) is 5.91. The monoisotopic (exact) mass is 433 g/mol. The van der Waals surface area contributed by atoms with Gasteiger partial charge in [0.05, 0.1) is 23.4 Å². The van der Waals surface area contributed by atoms with Gasteiger partial charge < -0.3 is 9.64 Å². The lowest BCUT2D eigenvalue weighted by Crippen LogP contribution is -2.44. The van der Waals surface area contributed by atoms with Gasteiger partial charge in [-0.2, -0.15) is 31.4 Å². The van der Waals surface area contributed by atoms with E-state index in [0.717, 1.165) is 0 Å². The second kappa shape index (κ2) is 8.11. The molecule has 0 bridgehead atoms. The van der Waals surface area contributed by atoms with Crippen molar-refractivity contribution in [1.82, 2.24) is 15.1 Å². The number of ether oxygens (including phenoxy) is 1. The molecule has 1 saturated heterocycles. The summed E-state index contributed by atoms with van der Waals surface area (Å²) in [6.07, 6.45) is -9.52. The van der Waals surface area contributed by atoms with Crippen LogP contribution in [0, 0.1) is 6.92 Å². The van der Waals surface area contributed by atoms with Crippen LogP contribution in [0.4, 0.5) is 26.3 Å². The lowest BCUT2D eigenvalue weighted by Gasteiger charge is -2.32. The third-order valence-corrected chi connectivity index (χ3v) is 4.56. The van der Waals surface area contributed by atoms with E-state index in [0.29, 0.717) is 30.7 Å². The average Bonchev–Trinajstić information content (AvgIpc) is 2.68. The highest BCUT2D eigenvalue weighted by molar-refractivity contribution is 5.94. The van der Waals surface area contributed by atoms with Crippen molar-refractivity contribution in [3.8, 4) is 5.88 Å². The summed E-state index contributed by atoms with van der Waals surface area (Å²) in [5.41, 5.74) is -3.05. The summed E-state index contributed by atoms with van der Waals surface area (Å²) in [4.78, 5) is 13.9. The second-order valence-electron chi connectivity index (χ2n) is 6.94. The molecule has 2 aromatic rings. The minimum atomic E-state index is -5.02. The van der Waals surface area contributed by atoms with Crippen LogP contribution in [0.1, 0.15) is 40.0 Å². The Morgan fingerprint density at radius 3 is 2.20 bits per heavy atom. The largest absolute Gasteiger partial charge is 0.471 e. The summed E-state index contributed by atoms with van der Waals surface area (Å²) in [5, 5.41) is 7.70. The standard InChI is InChI=1S/C19H17F6N3O2/c1-11-4-5-16(27-26-11)30-15-3-2-6-28(10-15)17(29)12-7-13(18(20,21)22)9-14(8-12)19(23,24)25/h4-5,7-9,15H,2-3,6,10H2,1H3. The van der Waals surface area contributed by atoms with Crippen molar-refractivity contribution in [3.05, 3.63) is 52.7 Å². The number of hydrogen-bond donors (Lipinski definition) is 0. The van der Waals surface area contributed by atoms with E-state index in [1.807, 2.05) is 0 Å².